The number of benzene rings is 1. The van der Waals surface area contributed by atoms with Crippen LogP contribution in [0.3, 0.4) is 0 Å². The Bertz CT molecular complexity index is 673. The molecule has 1 aliphatic rings. The highest BCUT2D eigenvalue weighted by Crippen LogP contribution is 2.33. The van der Waals surface area contributed by atoms with Gasteiger partial charge in [0.05, 0.1) is 11.7 Å². The average molecular weight is 296 g/mol. The molecule has 4 nitrogen and oxygen atoms in total. The Kier molecular flexibility index (Phi) is 3.77. The van der Waals surface area contributed by atoms with Gasteiger partial charge in [0.1, 0.15) is 0 Å². The zero-order valence-electron chi connectivity index (χ0n) is 13.6. The zero-order valence-corrected chi connectivity index (χ0v) is 13.6. The third-order valence-corrected chi connectivity index (χ3v) is 4.21. The second kappa shape index (κ2) is 5.59. The molecule has 0 saturated heterocycles. The highest BCUT2D eigenvalue weighted by molar-refractivity contribution is 5.48. The van der Waals surface area contributed by atoms with E-state index < -0.39 is 0 Å². The maximum Gasteiger partial charge on any atom is 0.223 e. The largest absolute Gasteiger partial charge is 0.399 e. The summed E-state index contributed by atoms with van der Waals surface area (Å²) < 4.78 is 0. The second-order valence-electron chi connectivity index (χ2n) is 7.06. The molecule has 1 unspecified atom stereocenters. The van der Waals surface area contributed by atoms with Crippen molar-refractivity contribution in [3.63, 3.8) is 0 Å². The lowest BCUT2D eigenvalue weighted by atomic mass is 9.87. The first kappa shape index (κ1) is 14.8. The summed E-state index contributed by atoms with van der Waals surface area (Å²) in [6.45, 7) is 6.49. The first-order chi connectivity index (χ1) is 10.4. The Hall–Kier alpha value is -2.10. The highest BCUT2D eigenvalue weighted by Gasteiger charge is 2.22. The molecule has 1 aromatic heterocycles. The van der Waals surface area contributed by atoms with Gasteiger partial charge in [-0.05, 0) is 48.6 Å². The van der Waals surface area contributed by atoms with Crippen LogP contribution in [0.15, 0.2) is 30.5 Å². The number of fused-ring (bicyclic) bond motifs is 1. The Morgan fingerprint density at radius 3 is 2.82 bits per heavy atom. The van der Waals surface area contributed by atoms with Crippen molar-refractivity contribution >= 4 is 11.6 Å². The fourth-order valence-electron chi connectivity index (χ4n) is 2.99. The molecule has 0 radical (unpaired) electrons. The number of aromatic nitrogens is 2. The van der Waals surface area contributed by atoms with Gasteiger partial charge in [-0.15, -0.1) is 0 Å². The number of nitrogen functional groups attached to an aromatic ring is 1. The van der Waals surface area contributed by atoms with Crippen LogP contribution in [0.5, 0.6) is 0 Å². The average Bonchev–Trinajstić information content (AvgIpc) is 2.46. The number of nitrogens with one attached hydrogen (secondary N) is 1. The molecule has 0 spiro atoms. The predicted octanol–water partition coefficient (Wildman–Crippen LogP) is 3.85. The summed E-state index contributed by atoms with van der Waals surface area (Å²) in [6.07, 6.45) is 5.19. The van der Waals surface area contributed by atoms with Crippen LogP contribution in [-0.4, -0.2) is 9.97 Å². The van der Waals surface area contributed by atoms with Gasteiger partial charge in [-0.25, -0.2) is 9.97 Å². The van der Waals surface area contributed by atoms with E-state index in [1.807, 2.05) is 18.3 Å². The molecule has 4 heteroatoms. The van der Waals surface area contributed by atoms with Crippen molar-refractivity contribution < 1.29 is 0 Å². The molecule has 0 amide bonds. The normalized spacial score (nSPS) is 17.9. The van der Waals surface area contributed by atoms with Crippen molar-refractivity contribution in [2.45, 2.75) is 51.5 Å². The van der Waals surface area contributed by atoms with Crippen LogP contribution in [0.2, 0.25) is 0 Å². The fraction of sp³-hybridized carbons (Fsp3) is 0.444. The van der Waals surface area contributed by atoms with Crippen molar-refractivity contribution in [1.29, 1.82) is 0 Å². The number of nitrogens with two attached hydrogens (primary N) is 1. The maximum absolute atomic E-state index is 5.90. The van der Waals surface area contributed by atoms with Gasteiger partial charge in [0, 0.05) is 17.3 Å². The van der Waals surface area contributed by atoms with Gasteiger partial charge in [-0.1, -0.05) is 26.8 Å². The van der Waals surface area contributed by atoms with Gasteiger partial charge in [0.25, 0.3) is 0 Å². The number of hydrogen-bond acceptors (Lipinski definition) is 4. The molecule has 116 valence electrons. The molecule has 0 fully saturated rings. The van der Waals surface area contributed by atoms with Crippen LogP contribution < -0.4 is 11.1 Å². The monoisotopic (exact) mass is 296 g/mol. The summed E-state index contributed by atoms with van der Waals surface area (Å²) in [5, 5.41) is 3.51. The summed E-state index contributed by atoms with van der Waals surface area (Å²) in [5.74, 6) is 0.710. The Labute approximate surface area is 132 Å². The van der Waals surface area contributed by atoms with Crippen LogP contribution in [-0.2, 0) is 11.8 Å². The first-order valence-corrected chi connectivity index (χ1v) is 7.92. The third-order valence-electron chi connectivity index (χ3n) is 4.21. The zero-order chi connectivity index (χ0) is 15.7. The van der Waals surface area contributed by atoms with E-state index in [1.54, 1.807) is 0 Å². The molecule has 3 N–H and O–H groups in total. The standard InChI is InChI=1S/C18H24N4/c1-18(2,3)16-9-10-20-17(22-16)21-15-6-4-5-12-11-13(19)7-8-14(12)15/h7-11,15H,4-6,19H2,1-3H3,(H,20,21,22). The van der Waals surface area contributed by atoms with Gasteiger partial charge >= 0.3 is 0 Å². The van der Waals surface area contributed by atoms with E-state index in [-0.39, 0.29) is 11.5 Å². The Balaban J connectivity index is 1.86. The summed E-state index contributed by atoms with van der Waals surface area (Å²) in [4.78, 5) is 9.07. The number of nitrogens with zero attached hydrogens (tertiary/aromatic N) is 2. The summed E-state index contributed by atoms with van der Waals surface area (Å²) in [5.41, 5.74) is 10.5. The van der Waals surface area contributed by atoms with Crippen LogP contribution >= 0.6 is 0 Å². The van der Waals surface area contributed by atoms with Gasteiger partial charge in [-0.3, -0.25) is 0 Å². The molecule has 1 heterocycles. The number of rotatable bonds is 2. The maximum atomic E-state index is 5.90. The van der Waals surface area contributed by atoms with Crippen LogP contribution in [0.25, 0.3) is 0 Å². The molecule has 0 aliphatic heterocycles. The predicted molar refractivity (Wildman–Crippen MR) is 90.9 cm³/mol. The summed E-state index contributed by atoms with van der Waals surface area (Å²) >= 11 is 0. The van der Waals surface area contributed by atoms with Crippen molar-refractivity contribution in [1.82, 2.24) is 9.97 Å². The molecule has 0 saturated carbocycles. The van der Waals surface area contributed by atoms with E-state index in [2.05, 4.69) is 48.2 Å². The minimum absolute atomic E-state index is 0.0261. The van der Waals surface area contributed by atoms with Crippen LogP contribution in [0, 0.1) is 0 Å². The van der Waals surface area contributed by atoms with Crippen molar-refractivity contribution in [3.8, 4) is 0 Å². The van der Waals surface area contributed by atoms with Gasteiger partial charge < -0.3 is 11.1 Å². The minimum Gasteiger partial charge on any atom is -0.399 e. The fourth-order valence-corrected chi connectivity index (χ4v) is 2.99. The SMILES string of the molecule is CC(C)(C)c1ccnc(NC2CCCc3cc(N)ccc32)n1. The van der Waals surface area contributed by atoms with E-state index in [4.69, 9.17) is 5.73 Å². The van der Waals surface area contributed by atoms with Gasteiger partial charge in [0.15, 0.2) is 0 Å². The van der Waals surface area contributed by atoms with Crippen molar-refractivity contribution in [3.05, 3.63) is 47.3 Å². The number of aryl methyl sites for hydroxylation is 1. The number of hydrogen-bond donors (Lipinski definition) is 2. The third kappa shape index (κ3) is 3.06. The van der Waals surface area contributed by atoms with E-state index in [0.717, 1.165) is 30.6 Å². The lowest BCUT2D eigenvalue weighted by Crippen LogP contribution is -2.20. The Morgan fingerprint density at radius 1 is 1.23 bits per heavy atom. The van der Waals surface area contributed by atoms with Gasteiger partial charge in [-0.2, -0.15) is 0 Å². The summed E-state index contributed by atoms with van der Waals surface area (Å²) in [7, 11) is 0. The number of anilines is 2. The van der Waals surface area contributed by atoms with E-state index in [0.29, 0.717) is 5.95 Å². The molecular weight excluding hydrogens is 272 g/mol. The first-order valence-electron chi connectivity index (χ1n) is 7.92. The molecule has 1 atom stereocenters. The smallest absolute Gasteiger partial charge is 0.223 e. The Morgan fingerprint density at radius 2 is 2.05 bits per heavy atom. The van der Waals surface area contributed by atoms with E-state index in [1.165, 1.54) is 11.1 Å². The van der Waals surface area contributed by atoms with E-state index in [9.17, 15) is 0 Å². The molecule has 1 aliphatic carbocycles. The van der Waals surface area contributed by atoms with Crippen molar-refractivity contribution in [2.75, 3.05) is 11.1 Å². The molecule has 22 heavy (non-hydrogen) atoms. The summed E-state index contributed by atoms with van der Waals surface area (Å²) in [6, 6.07) is 8.45. The molecule has 0 bridgehead atoms. The highest BCUT2D eigenvalue weighted by atomic mass is 15.1. The lowest BCUT2D eigenvalue weighted by molar-refractivity contribution is 0.563. The van der Waals surface area contributed by atoms with E-state index >= 15 is 0 Å². The minimum atomic E-state index is 0.0261. The molecular formula is C18H24N4. The molecule has 1 aromatic carbocycles. The quantitative estimate of drug-likeness (QED) is 0.826. The van der Waals surface area contributed by atoms with Gasteiger partial charge in [0.2, 0.25) is 5.95 Å². The molecule has 3 rings (SSSR count). The van der Waals surface area contributed by atoms with Crippen LogP contribution in [0.1, 0.15) is 56.5 Å². The van der Waals surface area contributed by atoms with Crippen molar-refractivity contribution in [2.24, 2.45) is 0 Å². The lowest BCUT2D eigenvalue weighted by Gasteiger charge is -2.27. The molecule has 2 aromatic rings. The second-order valence-corrected chi connectivity index (χ2v) is 7.06. The topological polar surface area (TPSA) is 63.8 Å². The van der Waals surface area contributed by atoms with Crippen LogP contribution in [0.4, 0.5) is 11.6 Å².